The molecule has 0 fully saturated rings. The Morgan fingerprint density at radius 1 is 1.56 bits per heavy atom. The fourth-order valence-electron chi connectivity index (χ4n) is 1.40. The molecule has 0 unspecified atom stereocenters. The molecule has 18 heavy (non-hydrogen) atoms. The molecule has 2 N–H and O–H groups in total. The van der Waals surface area contributed by atoms with E-state index in [9.17, 15) is 4.79 Å². The lowest BCUT2D eigenvalue weighted by Gasteiger charge is -2.09. The first-order valence-corrected chi connectivity index (χ1v) is 6.61. The highest BCUT2D eigenvalue weighted by molar-refractivity contribution is 8.00. The summed E-state index contributed by atoms with van der Waals surface area (Å²) in [4.78, 5) is 12.3. The lowest BCUT2D eigenvalue weighted by Crippen LogP contribution is -2.31. The number of hydrogen-bond acceptors (Lipinski definition) is 4. The van der Waals surface area contributed by atoms with Crippen molar-refractivity contribution >= 4 is 17.7 Å². The molecule has 0 radical (unpaired) electrons. The number of aliphatic hydroxyl groups excluding tert-OH is 1. The van der Waals surface area contributed by atoms with Gasteiger partial charge in [0.15, 0.2) is 0 Å². The van der Waals surface area contributed by atoms with E-state index >= 15 is 0 Å². The number of nitrogens with zero attached hydrogens (tertiary/aromatic N) is 1. The zero-order chi connectivity index (χ0) is 13.5. The van der Waals surface area contributed by atoms with Crippen molar-refractivity contribution in [1.82, 2.24) is 5.32 Å². The van der Waals surface area contributed by atoms with E-state index in [4.69, 9.17) is 10.4 Å². The topological polar surface area (TPSA) is 73.1 Å². The summed E-state index contributed by atoms with van der Waals surface area (Å²) in [5.41, 5.74) is 1.19. The third-order valence-corrected chi connectivity index (χ3v) is 3.23. The van der Waals surface area contributed by atoms with Crippen LogP contribution in [0, 0.1) is 11.3 Å². The molecule has 0 aliphatic carbocycles. The minimum atomic E-state index is -0.0898. The van der Waals surface area contributed by atoms with E-state index in [2.05, 4.69) is 11.4 Å². The van der Waals surface area contributed by atoms with Gasteiger partial charge in [-0.1, -0.05) is 6.07 Å². The molecule has 96 valence electrons. The monoisotopic (exact) mass is 264 g/mol. The Hall–Kier alpha value is -1.51. The fourth-order valence-corrected chi connectivity index (χ4v) is 2.19. The summed E-state index contributed by atoms with van der Waals surface area (Å²) in [7, 11) is 0. The van der Waals surface area contributed by atoms with Crippen LogP contribution in [-0.4, -0.2) is 22.8 Å². The standard InChI is InChI=1S/C13H16N2O2S/c1-9(2)15-13(17)8-18-12-4-3-10(7-16)5-11(12)6-14/h3-5,9,16H,7-8H2,1-2H3,(H,15,17). The minimum absolute atomic E-state index is 0.0508. The van der Waals surface area contributed by atoms with Crippen LogP contribution in [0.5, 0.6) is 0 Å². The van der Waals surface area contributed by atoms with Crippen LogP contribution in [0.15, 0.2) is 23.1 Å². The number of carbonyl (C=O) groups excluding carboxylic acids is 1. The van der Waals surface area contributed by atoms with E-state index in [0.29, 0.717) is 11.1 Å². The van der Waals surface area contributed by atoms with Crippen LogP contribution in [0.4, 0.5) is 0 Å². The zero-order valence-corrected chi connectivity index (χ0v) is 11.3. The van der Waals surface area contributed by atoms with E-state index < -0.39 is 0 Å². The van der Waals surface area contributed by atoms with Crippen molar-refractivity contribution in [3.63, 3.8) is 0 Å². The van der Waals surface area contributed by atoms with Gasteiger partial charge in [-0.3, -0.25) is 4.79 Å². The number of rotatable bonds is 5. The predicted molar refractivity (Wildman–Crippen MR) is 71.1 cm³/mol. The number of carbonyl (C=O) groups is 1. The van der Waals surface area contributed by atoms with Crippen molar-refractivity contribution in [3.8, 4) is 6.07 Å². The van der Waals surface area contributed by atoms with Gasteiger partial charge in [-0.2, -0.15) is 5.26 Å². The van der Waals surface area contributed by atoms with Crippen LogP contribution in [0.1, 0.15) is 25.0 Å². The van der Waals surface area contributed by atoms with Crippen molar-refractivity contribution in [2.75, 3.05) is 5.75 Å². The van der Waals surface area contributed by atoms with E-state index in [-0.39, 0.29) is 24.3 Å². The first-order valence-electron chi connectivity index (χ1n) is 5.63. The Morgan fingerprint density at radius 2 is 2.28 bits per heavy atom. The molecule has 1 rings (SSSR count). The molecule has 0 atom stereocenters. The van der Waals surface area contributed by atoms with Crippen molar-refractivity contribution in [1.29, 1.82) is 5.26 Å². The Labute approximate surface area is 111 Å². The van der Waals surface area contributed by atoms with Gasteiger partial charge in [0.1, 0.15) is 6.07 Å². The number of amides is 1. The number of benzene rings is 1. The largest absolute Gasteiger partial charge is 0.392 e. The number of nitrogens with one attached hydrogen (secondary N) is 1. The second kappa shape index (κ2) is 7.04. The van der Waals surface area contributed by atoms with E-state index in [1.165, 1.54) is 11.8 Å². The maximum Gasteiger partial charge on any atom is 0.230 e. The highest BCUT2D eigenvalue weighted by Gasteiger charge is 2.08. The minimum Gasteiger partial charge on any atom is -0.392 e. The molecule has 0 aliphatic rings. The van der Waals surface area contributed by atoms with Crippen LogP contribution in [0.25, 0.3) is 0 Å². The van der Waals surface area contributed by atoms with Gasteiger partial charge in [0.05, 0.1) is 17.9 Å². The highest BCUT2D eigenvalue weighted by Crippen LogP contribution is 2.23. The third kappa shape index (κ3) is 4.40. The average molecular weight is 264 g/mol. The number of nitriles is 1. The smallest absolute Gasteiger partial charge is 0.230 e. The molecular weight excluding hydrogens is 248 g/mol. The van der Waals surface area contributed by atoms with Crippen molar-refractivity contribution < 1.29 is 9.90 Å². The lowest BCUT2D eigenvalue weighted by molar-refractivity contribution is -0.119. The molecule has 0 bridgehead atoms. The lowest BCUT2D eigenvalue weighted by atomic mass is 10.1. The SMILES string of the molecule is CC(C)NC(=O)CSc1ccc(CO)cc1C#N. The maximum atomic E-state index is 11.5. The van der Waals surface area contributed by atoms with Gasteiger partial charge < -0.3 is 10.4 Å². The molecule has 5 heteroatoms. The molecule has 0 aromatic heterocycles. The highest BCUT2D eigenvalue weighted by atomic mass is 32.2. The molecule has 0 heterocycles. The molecule has 1 amide bonds. The summed E-state index contributed by atoms with van der Waals surface area (Å²) in [6, 6.07) is 7.34. The molecule has 0 saturated heterocycles. The van der Waals surface area contributed by atoms with Crippen molar-refractivity contribution in [2.24, 2.45) is 0 Å². The summed E-state index contributed by atoms with van der Waals surface area (Å²) in [6.45, 7) is 3.71. The Balaban J connectivity index is 2.68. The van der Waals surface area contributed by atoms with Gasteiger partial charge in [0.25, 0.3) is 0 Å². The van der Waals surface area contributed by atoms with E-state index in [1.807, 2.05) is 13.8 Å². The molecule has 4 nitrogen and oxygen atoms in total. The molecule has 1 aromatic carbocycles. The third-order valence-electron chi connectivity index (χ3n) is 2.16. The number of aliphatic hydroxyl groups is 1. The normalized spacial score (nSPS) is 10.2. The summed E-state index contributed by atoms with van der Waals surface area (Å²) >= 11 is 1.32. The van der Waals surface area contributed by atoms with Gasteiger partial charge in [0.2, 0.25) is 5.91 Å². The molecule has 0 aliphatic heterocycles. The van der Waals surface area contributed by atoms with E-state index in [1.54, 1.807) is 18.2 Å². The first kappa shape index (κ1) is 14.6. The van der Waals surface area contributed by atoms with Crippen molar-refractivity contribution in [2.45, 2.75) is 31.4 Å². The first-order chi connectivity index (χ1) is 8.56. The summed E-state index contributed by atoms with van der Waals surface area (Å²) in [5, 5.41) is 20.8. The maximum absolute atomic E-state index is 11.5. The van der Waals surface area contributed by atoms with Gasteiger partial charge >= 0.3 is 0 Å². The predicted octanol–water partition coefficient (Wildman–Crippen LogP) is 1.67. The zero-order valence-electron chi connectivity index (χ0n) is 10.4. The van der Waals surface area contributed by atoms with Crippen molar-refractivity contribution in [3.05, 3.63) is 29.3 Å². The second-order valence-electron chi connectivity index (χ2n) is 4.11. The Kier molecular flexibility index (Phi) is 5.69. The van der Waals surface area contributed by atoms with Gasteiger partial charge in [-0.05, 0) is 31.5 Å². The number of hydrogen-bond donors (Lipinski definition) is 2. The molecular formula is C13H16N2O2S. The Morgan fingerprint density at radius 3 is 2.83 bits per heavy atom. The summed E-state index contributed by atoms with van der Waals surface area (Å²) in [5.74, 6) is 0.232. The number of thioether (sulfide) groups is 1. The summed E-state index contributed by atoms with van der Waals surface area (Å²) < 4.78 is 0. The van der Waals surface area contributed by atoms with Crippen LogP contribution >= 0.6 is 11.8 Å². The van der Waals surface area contributed by atoms with Crippen LogP contribution in [0.2, 0.25) is 0 Å². The van der Waals surface area contributed by atoms with Crippen LogP contribution < -0.4 is 5.32 Å². The molecule has 1 aromatic rings. The molecule has 0 saturated carbocycles. The average Bonchev–Trinajstić information content (AvgIpc) is 2.35. The van der Waals surface area contributed by atoms with Gasteiger partial charge in [0, 0.05) is 10.9 Å². The van der Waals surface area contributed by atoms with Gasteiger partial charge in [-0.15, -0.1) is 11.8 Å². The summed E-state index contributed by atoms with van der Waals surface area (Å²) in [6.07, 6.45) is 0. The quantitative estimate of drug-likeness (QED) is 0.793. The Bertz CT molecular complexity index is 467. The molecule has 0 spiro atoms. The fraction of sp³-hybridized carbons (Fsp3) is 0.385. The van der Waals surface area contributed by atoms with Crippen LogP contribution in [-0.2, 0) is 11.4 Å². The van der Waals surface area contributed by atoms with Gasteiger partial charge in [-0.25, -0.2) is 0 Å². The second-order valence-corrected chi connectivity index (χ2v) is 5.13. The van der Waals surface area contributed by atoms with E-state index in [0.717, 1.165) is 4.90 Å². The van der Waals surface area contributed by atoms with Crippen LogP contribution in [0.3, 0.4) is 0 Å².